The second-order valence-corrected chi connectivity index (χ2v) is 8.32. The van der Waals surface area contributed by atoms with E-state index in [0.717, 1.165) is 10.1 Å². The number of benzene rings is 2. The number of fused-ring (bicyclic) bond motifs is 1. The SMILES string of the molecule is COc1ccc2c(Cl)c(C(=O)NC(=S)NNC(=O)CCC(=O)Nc3ccccc3)sc2c1. The van der Waals surface area contributed by atoms with Crippen molar-refractivity contribution in [2.75, 3.05) is 12.4 Å². The van der Waals surface area contributed by atoms with Crippen LogP contribution in [0.4, 0.5) is 5.69 Å². The van der Waals surface area contributed by atoms with Crippen LogP contribution in [0.5, 0.6) is 5.75 Å². The number of hydrazine groups is 1. The highest BCUT2D eigenvalue weighted by Gasteiger charge is 2.18. The maximum Gasteiger partial charge on any atom is 0.269 e. The molecule has 1 aromatic heterocycles. The fraction of sp³-hybridized carbons (Fsp3) is 0.143. The number of carbonyl (C=O) groups excluding carboxylic acids is 3. The van der Waals surface area contributed by atoms with Crippen molar-refractivity contribution in [2.45, 2.75) is 12.8 Å². The van der Waals surface area contributed by atoms with E-state index in [1.165, 1.54) is 11.3 Å². The van der Waals surface area contributed by atoms with Gasteiger partial charge in [-0.2, -0.15) is 0 Å². The van der Waals surface area contributed by atoms with Gasteiger partial charge in [0.15, 0.2) is 5.11 Å². The predicted molar refractivity (Wildman–Crippen MR) is 129 cm³/mol. The zero-order valence-corrected chi connectivity index (χ0v) is 19.2. The van der Waals surface area contributed by atoms with Gasteiger partial charge in [-0.1, -0.05) is 29.8 Å². The standard InChI is InChI=1S/C21H19ClN4O4S2/c1-30-13-7-8-14-15(11-13)32-19(18(14)22)20(29)24-21(31)26-25-17(28)10-9-16(27)23-12-5-3-2-4-6-12/h2-8,11H,9-10H2,1H3,(H,23,27)(H,25,28)(H2,24,26,29,31). The summed E-state index contributed by atoms with van der Waals surface area (Å²) in [5, 5.41) is 6.07. The molecule has 32 heavy (non-hydrogen) atoms. The lowest BCUT2D eigenvalue weighted by atomic mass is 10.2. The number of halogens is 1. The molecule has 3 rings (SSSR count). The first kappa shape index (κ1) is 23.5. The molecule has 8 nitrogen and oxygen atoms in total. The second kappa shape index (κ2) is 10.9. The fourth-order valence-corrected chi connectivity index (χ4v) is 4.26. The Balaban J connectivity index is 1.45. The number of hydrogen-bond acceptors (Lipinski definition) is 6. The van der Waals surface area contributed by atoms with Crippen LogP contribution in [-0.2, 0) is 9.59 Å². The minimum atomic E-state index is -0.510. The summed E-state index contributed by atoms with van der Waals surface area (Å²) in [7, 11) is 1.55. The van der Waals surface area contributed by atoms with Gasteiger partial charge in [0.05, 0.1) is 12.1 Å². The van der Waals surface area contributed by atoms with E-state index in [1.807, 2.05) is 6.07 Å². The van der Waals surface area contributed by atoms with Gasteiger partial charge in [0.25, 0.3) is 5.91 Å². The Hall–Kier alpha value is -3.21. The van der Waals surface area contributed by atoms with Gasteiger partial charge in [-0.15, -0.1) is 11.3 Å². The van der Waals surface area contributed by atoms with Crippen LogP contribution in [0.15, 0.2) is 48.5 Å². The van der Waals surface area contributed by atoms with Crippen LogP contribution in [-0.4, -0.2) is 29.9 Å². The van der Waals surface area contributed by atoms with Crippen molar-refractivity contribution >= 4 is 73.8 Å². The molecule has 0 saturated carbocycles. The number of methoxy groups -OCH3 is 1. The molecule has 0 aliphatic rings. The Kier molecular flexibility index (Phi) is 7.98. The number of amides is 3. The molecule has 3 aromatic rings. The smallest absolute Gasteiger partial charge is 0.269 e. The second-order valence-electron chi connectivity index (χ2n) is 6.48. The maximum atomic E-state index is 12.5. The topological polar surface area (TPSA) is 109 Å². The number of rotatable bonds is 6. The average Bonchev–Trinajstić information content (AvgIpc) is 3.12. The van der Waals surface area contributed by atoms with Gasteiger partial charge in [-0.05, 0) is 42.5 Å². The summed E-state index contributed by atoms with van der Waals surface area (Å²) in [4.78, 5) is 36.6. The first-order valence-electron chi connectivity index (χ1n) is 9.38. The van der Waals surface area contributed by atoms with Crippen LogP contribution in [0, 0.1) is 0 Å². The molecule has 0 spiro atoms. The molecule has 166 valence electrons. The summed E-state index contributed by atoms with van der Waals surface area (Å²) < 4.78 is 5.97. The Bertz CT molecular complexity index is 1170. The molecule has 11 heteroatoms. The Morgan fingerprint density at radius 1 is 1.03 bits per heavy atom. The lowest BCUT2D eigenvalue weighted by Crippen LogP contribution is -2.48. The van der Waals surface area contributed by atoms with E-state index in [4.69, 9.17) is 28.6 Å². The van der Waals surface area contributed by atoms with Crippen LogP contribution >= 0.6 is 35.2 Å². The van der Waals surface area contributed by atoms with Gasteiger partial charge in [-0.25, -0.2) is 0 Å². The molecule has 1 heterocycles. The molecule has 4 N–H and O–H groups in total. The third kappa shape index (κ3) is 6.16. The molecule has 0 unspecified atom stereocenters. The van der Waals surface area contributed by atoms with E-state index in [-0.39, 0.29) is 28.7 Å². The third-order valence-corrected chi connectivity index (χ3v) is 6.08. The van der Waals surface area contributed by atoms with Crippen LogP contribution in [0.3, 0.4) is 0 Å². The lowest BCUT2D eigenvalue weighted by Gasteiger charge is -2.10. The molecule has 0 saturated heterocycles. The van der Waals surface area contributed by atoms with Crippen molar-refractivity contribution in [3.63, 3.8) is 0 Å². The average molecular weight is 491 g/mol. The van der Waals surface area contributed by atoms with E-state index in [0.29, 0.717) is 16.5 Å². The summed E-state index contributed by atoms with van der Waals surface area (Å²) in [6.45, 7) is 0. The van der Waals surface area contributed by atoms with Gasteiger partial charge in [0, 0.05) is 28.6 Å². The molecule has 2 aromatic carbocycles. The minimum absolute atomic E-state index is 0.0115. The third-order valence-electron chi connectivity index (χ3n) is 4.22. The van der Waals surface area contributed by atoms with E-state index < -0.39 is 11.8 Å². The summed E-state index contributed by atoms with van der Waals surface area (Å²) >= 11 is 12.6. The number of nitrogens with one attached hydrogen (secondary N) is 4. The maximum absolute atomic E-state index is 12.5. The van der Waals surface area contributed by atoms with Gasteiger partial charge >= 0.3 is 0 Å². The molecule has 3 amide bonds. The highest BCUT2D eigenvalue weighted by Crippen LogP contribution is 2.37. The van der Waals surface area contributed by atoms with Crippen LogP contribution in [0.25, 0.3) is 10.1 Å². The van der Waals surface area contributed by atoms with Crippen molar-refractivity contribution < 1.29 is 19.1 Å². The number of para-hydroxylation sites is 1. The van der Waals surface area contributed by atoms with E-state index >= 15 is 0 Å². The quantitative estimate of drug-likeness (QED) is 0.310. The lowest BCUT2D eigenvalue weighted by molar-refractivity contribution is -0.124. The van der Waals surface area contributed by atoms with Crippen molar-refractivity contribution in [1.29, 1.82) is 0 Å². The summed E-state index contributed by atoms with van der Waals surface area (Å²) in [5.41, 5.74) is 5.43. The first-order chi connectivity index (χ1) is 15.4. The molecular formula is C21H19ClN4O4S2. The predicted octanol–water partition coefficient (Wildman–Crippen LogP) is 3.62. The summed E-state index contributed by atoms with van der Waals surface area (Å²) in [5.74, 6) is -0.612. The largest absolute Gasteiger partial charge is 0.497 e. The fourth-order valence-electron chi connectivity index (χ4n) is 2.67. The Morgan fingerprint density at radius 2 is 1.75 bits per heavy atom. The van der Waals surface area contributed by atoms with Crippen LogP contribution in [0.1, 0.15) is 22.5 Å². The van der Waals surface area contributed by atoms with E-state index in [2.05, 4.69) is 21.5 Å². The highest BCUT2D eigenvalue weighted by molar-refractivity contribution is 7.80. The van der Waals surface area contributed by atoms with Gasteiger partial charge in [0.2, 0.25) is 11.8 Å². The number of thiophene rings is 1. The number of carbonyl (C=O) groups is 3. The van der Waals surface area contributed by atoms with Crippen molar-refractivity contribution in [2.24, 2.45) is 0 Å². The highest BCUT2D eigenvalue weighted by atomic mass is 35.5. The molecule has 0 bridgehead atoms. The van der Waals surface area contributed by atoms with Gasteiger partial charge in [-0.3, -0.25) is 30.6 Å². The van der Waals surface area contributed by atoms with E-state index in [1.54, 1.807) is 49.6 Å². The monoisotopic (exact) mass is 490 g/mol. The Morgan fingerprint density at radius 3 is 2.47 bits per heavy atom. The van der Waals surface area contributed by atoms with Crippen LogP contribution < -0.4 is 26.2 Å². The van der Waals surface area contributed by atoms with Crippen molar-refractivity contribution in [3.05, 3.63) is 58.4 Å². The van der Waals surface area contributed by atoms with E-state index in [9.17, 15) is 14.4 Å². The number of hydrogen-bond donors (Lipinski definition) is 4. The normalized spacial score (nSPS) is 10.3. The minimum Gasteiger partial charge on any atom is -0.497 e. The molecule has 0 atom stereocenters. The van der Waals surface area contributed by atoms with Crippen molar-refractivity contribution in [3.8, 4) is 5.75 Å². The molecule has 0 fully saturated rings. The number of anilines is 1. The van der Waals surface area contributed by atoms with Crippen molar-refractivity contribution in [1.82, 2.24) is 16.2 Å². The zero-order chi connectivity index (χ0) is 23.1. The Labute approximate surface area is 198 Å². The number of thiocarbonyl (C=S) groups is 1. The first-order valence-corrected chi connectivity index (χ1v) is 11.0. The molecule has 0 radical (unpaired) electrons. The van der Waals surface area contributed by atoms with Gasteiger partial charge < -0.3 is 10.1 Å². The van der Waals surface area contributed by atoms with Crippen LogP contribution in [0.2, 0.25) is 5.02 Å². The molecular weight excluding hydrogens is 472 g/mol. The zero-order valence-electron chi connectivity index (χ0n) is 16.9. The van der Waals surface area contributed by atoms with Gasteiger partial charge in [0.1, 0.15) is 10.6 Å². The summed E-state index contributed by atoms with van der Waals surface area (Å²) in [6, 6.07) is 14.2. The molecule has 0 aliphatic heterocycles. The summed E-state index contributed by atoms with van der Waals surface area (Å²) in [6.07, 6.45) is -0.0748. The number of ether oxygens (including phenoxy) is 1. The molecule has 0 aliphatic carbocycles.